The molecule has 1 aliphatic carbocycles. The highest BCUT2D eigenvalue weighted by Gasteiger charge is 2.27. The number of rotatable bonds is 2. The van der Waals surface area contributed by atoms with Gasteiger partial charge in [-0.3, -0.25) is 4.79 Å². The van der Waals surface area contributed by atoms with Crippen LogP contribution in [0.5, 0.6) is 0 Å². The molecule has 1 aliphatic rings. The summed E-state index contributed by atoms with van der Waals surface area (Å²) in [5, 5.41) is 1.27. The predicted octanol–water partition coefficient (Wildman–Crippen LogP) is 4.98. The number of carbonyl (C=O) groups excluding carboxylic acids is 1. The summed E-state index contributed by atoms with van der Waals surface area (Å²) in [7, 11) is 0. The fraction of sp³-hybridized carbons (Fsp3) is 0.235. The molecule has 20 heavy (non-hydrogen) atoms. The highest BCUT2D eigenvalue weighted by molar-refractivity contribution is 6.35. The Morgan fingerprint density at radius 3 is 2.70 bits per heavy atom. The van der Waals surface area contributed by atoms with E-state index in [0.717, 1.165) is 29.5 Å². The van der Waals surface area contributed by atoms with Gasteiger partial charge < -0.3 is 0 Å². The van der Waals surface area contributed by atoms with Gasteiger partial charge in [-0.05, 0) is 42.5 Å². The fourth-order valence-electron chi connectivity index (χ4n) is 2.81. The van der Waals surface area contributed by atoms with Gasteiger partial charge >= 0.3 is 0 Å². The molecule has 2 aromatic carbocycles. The van der Waals surface area contributed by atoms with Crippen LogP contribution in [0, 0.1) is 5.92 Å². The van der Waals surface area contributed by atoms with Crippen LogP contribution in [0.2, 0.25) is 10.0 Å². The van der Waals surface area contributed by atoms with Crippen molar-refractivity contribution in [2.45, 2.75) is 19.3 Å². The lowest BCUT2D eigenvalue weighted by atomic mass is 9.80. The van der Waals surface area contributed by atoms with Crippen molar-refractivity contribution < 1.29 is 4.79 Å². The highest BCUT2D eigenvalue weighted by Crippen LogP contribution is 2.30. The first kappa shape index (κ1) is 13.7. The largest absolute Gasteiger partial charge is 0.294 e. The number of benzene rings is 2. The Balaban J connectivity index is 1.85. The molecule has 0 aliphatic heterocycles. The average molecular weight is 305 g/mol. The van der Waals surface area contributed by atoms with Crippen molar-refractivity contribution in [3.63, 3.8) is 0 Å². The lowest BCUT2D eigenvalue weighted by Gasteiger charge is -2.23. The third-order valence-corrected chi connectivity index (χ3v) is 4.48. The predicted molar refractivity (Wildman–Crippen MR) is 82.7 cm³/mol. The maximum absolute atomic E-state index is 12.5. The first-order chi connectivity index (χ1) is 9.65. The van der Waals surface area contributed by atoms with Gasteiger partial charge in [0.25, 0.3) is 0 Å². The normalized spacial score (nSPS) is 17.9. The van der Waals surface area contributed by atoms with Crippen molar-refractivity contribution in [1.82, 2.24) is 0 Å². The lowest BCUT2D eigenvalue weighted by molar-refractivity contribution is 0.0901. The van der Waals surface area contributed by atoms with Gasteiger partial charge in [0, 0.05) is 21.5 Å². The van der Waals surface area contributed by atoms with Crippen molar-refractivity contribution in [3.8, 4) is 0 Å². The lowest BCUT2D eigenvalue weighted by Crippen LogP contribution is -2.24. The van der Waals surface area contributed by atoms with Crippen LogP contribution >= 0.6 is 23.2 Å². The van der Waals surface area contributed by atoms with E-state index in [1.807, 2.05) is 36.4 Å². The van der Waals surface area contributed by atoms with E-state index in [1.165, 1.54) is 0 Å². The van der Waals surface area contributed by atoms with Crippen molar-refractivity contribution in [1.29, 1.82) is 0 Å². The van der Waals surface area contributed by atoms with E-state index in [9.17, 15) is 4.79 Å². The Bertz CT molecular complexity index is 664. The first-order valence-electron chi connectivity index (χ1n) is 6.71. The smallest absolute Gasteiger partial charge is 0.166 e. The molecule has 102 valence electrons. The number of aryl methyl sites for hydroxylation is 1. The van der Waals surface area contributed by atoms with E-state index in [0.29, 0.717) is 16.5 Å². The van der Waals surface area contributed by atoms with Crippen molar-refractivity contribution in [2.24, 2.45) is 5.92 Å². The van der Waals surface area contributed by atoms with Crippen LogP contribution in [-0.2, 0) is 12.8 Å². The third-order valence-electron chi connectivity index (χ3n) is 3.90. The molecule has 0 saturated carbocycles. The molecule has 0 bridgehead atoms. The topological polar surface area (TPSA) is 17.1 Å². The summed E-state index contributed by atoms with van der Waals surface area (Å²) >= 11 is 12.1. The van der Waals surface area contributed by atoms with Crippen molar-refractivity contribution >= 4 is 29.0 Å². The summed E-state index contributed by atoms with van der Waals surface area (Å²) in [6.07, 6.45) is 2.52. The fourth-order valence-corrected chi connectivity index (χ4v) is 3.29. The van der Waals surface area contributed by atoms with E-state index in [4.69, 9.17) is 23.2 Å². The van der Waals surface area contributed by atoms with E-state index < -0.39 is 0 Å². The number of hydrogen-bond acceptors (Lipinski definition) is 1. The molecule has 2 aromatic rings. The van der Waals surface area contributed by atoms with Crippen LogP contribution in [0.4, 0.5) is 0 Å². The number of ketones is 1. The minimum Gasteiger partial charge on any atom is -0.294 e. The molecule has 0 N–H and O–H groups in total. The molecule has 0 saturated heterocycles. The van der Waals surface area contributed by atoms with Gasteiger partial charge in [0.05, 0.1) is 0 Å². The molecule has 0 heterocycles. The molecular formula is C17H14Cl2O. The molecule has 1 unspecified atom stereocenters. The van der Waals surface area contributed by atoms with Gasteiger partial charge in [0.15, 0.2) is 5.78 Å². The molecule has 1 nitrogen and oxygen atoms in total. The number of carbonyl (C=O) groups is 1. The van der Waals surface area contributed by atoms with Crippen LogP contribution in [0.25, 0.3) is 0 Å². The molecule has 0 aromatic heterocycles. The summed E-state index contributed by atoms with van der Waals surface area (Å²) in [5.74, 6) is 0.251. The summed E-state index contributed by atoms with van der Waals surface area (Å²) < 4.78 is 0. The molecule has 3 heteroatoms. The van der Waals surface area contributed by atoms with Crippen molar-refractivity contribution in [3.05, 3.63) is 69.2 Å². The summed E-state index contributed by atoms with van der Waals surface area (Å²) in [4.78, 5) is 12.5. The van der Waals surface area contributed by atoms with Crippen LogP contribution < -0.4 is 0 Å². The Morgan fingerprint density at radius 2 is 1.90 bits per heavy atom. The molecule has 0 radical (unpaired) electrons. The zero-order valence-corrected chi connectivity index (χ0v) is 12.4. The molecule has 0 amide bonds. The van der Waals surface area contributed by atoms with Crippen LogP contribution in [-0.4, -0.2) is 5.78 Å². The maximum Gasteiger partial charge on any atom is 0.166 e. The van der Waals surface area contributed by atoms with Crippen LogP contribution in [0.1, 0.15) is 27.9 Å². The standard InChI is InChI=1S/C17H14Cl2O/c18-14-8-7-12(16(19)10-14)9-13-6-5-11-3-1-2-4-15(11)17(13)20/h1-4,7-8,10,13H,5-6,9H2. The second-order valence-electron chi connectivity index (χ2n) is 5.20. The second-order valence-corrected chi connectivity index (χ2v) is 6.04. The second kappa shape index (κ2) is 5.59. The highest BCUT2D eigenvalue weighted by atomic mass is 35.5. The summed E-state index contributed by atoms with van der Waals surface area (Å²) in [6, 6.07) is 13.4. The SMILES string of the molecule is O=C1c2ccccc2CCC1Cc1ccc(Cl)cc1Cl. The van der Waals surface area contributed by atoms with Gasteiger partial charge in [-0.1, -0.05) is 53.5 Å². The van der Waals surface area contributed by atoms with Gasteiger partial charge in [-0.15, -0.1) is 0 Å². The van der Waals surface area contributed by atoms with Crippen LogP contribution in [0.15, 0.2) is 42.5 Å². The number of fused-ring (bicyclic) bond motifs is 1. The number of hydrogen-bond donors (Lipinski definition) is 0. The Hall–Kier alpha value is -1.31. The molecule has 0 spiro atoms. The maximum atomic E-state index is 12.5. The molecule has 0 fully saturated rings. The van der Waals surface area contributed by atoms with E-state index in [1.54, 1.807) is 6.07 Å². The Morgan fingerprint density at radius 1 is 1.10 bits per heavy atom. The third kappa shape index (κ3) is 2.61. The average Bonchev–Trinajstić information content (AvgIpc) is 2.45. The van der Waals surface area contributed by atoms with Crippen LogP contribution in [0.3, 0.4) is 0 Å². The van der Waals surface area contributed by atoms with Crippen molar-refractivity contribution in [2.75, 3.05) is 0 Å². The zero-order chi connectivity index (χ0) is 14.1. The van der Waals surface area contributed by atoms with Gasteiger partial charge in [0.1, 0.15) is 0 Å². The molecule has 1 atom stereocenters. The minimum atomic E-state index is 0.0172. The number of halogens is 2. The van der Waals surface area contributed by atoms with E-state index in [-0.39, 0.29) is 11.7 Å². The quantitative estimate of drug-likeness (QED) is 0.764. The monoisotopic (exact) mass is 304 g/mol. The minimum absolute atomic E-state index is 0.0172. The summed E-state index contributed by atoms with van der Waals surface area (Å²) in [5.41, 5.74) is 3.03. The Labute approximate surface area is 128 Å². The first-order valence-corrected chi connectivity index (χ1v) is 7.47. The zero-order valence-electron chi connectivity index (χ0n) is 10.9. The van der Waals surface area contributed by atoms with Gasteiger partial charge in [0.2, 0.25) is 0 Å². The number of Topliss-reactive ketones (excluding diaryl/α,β-unsaturated/α-hetero) is 1. The summed E-state index contributed by atoms with van der Waals surface area (Å²) in [6.45, 7) is 0. The van der Waals surface area contributed by atoms with Gasteiger partial charge in [-0.2, -0.15) is 0 Å². The van der Waals surface area contributed by atoms with Gasteiger partial charge in [-0.25, -0.2) is 0 Å². The molecular weight excluding hydrogens is 291 g/mol. The van der Waals surface area contributed by atoms with E-state index >= 15 is 0 Å². The Kier molecular flexibility index (Phi) is 3.82. The molecule has 3 rings (SSSR count). The van der Waals surface area contributed by atoms with E-state index in [2.05, 4.69) is 0 Å².